The Morgan fingerprint density at radius 2 is 1.80 bits per heavy atom. The van der Waals surface area contributed by atoms with Crippen molar-refractivity contribution in [2.45, 2.75) is 25.7 Å². The van der Waals surface area contributed by atoms with Gasteiger partial charge in [-0.3, -0.25) is 14.6 Å². The summed E-state index contributed by atoms with van der Waals surface area (Å²) in [5.41, 5.74) is 1.19. The first-order valence-electron chi connectivity index (χ1n) is 10.1. The highest BCUT2D eigenvalue weighted by Crippen LogP contribution is 2.45. The SMILES string of the molecule is CCOC(=O)CC1(C)C(=O)N(C)c2cccc3c2c1nc1cc2ccccc2cc13. The average molecular weight is 398 g/mol. The Kier molecular flexibility index (Phi) is 4.03. The first-order valence-corrected chi connectivity index (χ1v) is 10.1. The van der Waals surface area contributed by atoms with Gasteiger partial charge in [0.25, 0.3) is 0 Å². The molecule has 5 rings (SSSR count). The first kappa shape index (κ1) is 18.6. The smallest absolute Gasteiger partial charge is 0.307 e. The second-order valence-corrected chi connectivity index (χ2v) is 8.05. The molecule has 3 aromatic carbocycles. The van der Waals surface area contributed by atoms with Gasteiger partial charge < -0.3 is 9.64 Å². The molecule has 1 aromatic heterocycles. The quantitative estimate of drug-likeness (QED) is 0.284. The van der Waals surface area contributed by atoms with Gasteiger partial charge in [-0.05, 0) is 48.2 Å². The van der Waals surface area contributed by atoms with Gasteiger partial charge in [-0.15, -0.1) is 0 Å². The average Bonchev–Trinajstić information content (AvgIpc) is 2.75. The highest BCUT2D eigenvalue weighted by atomic mass is 16.5. The summed E-state index contributed by atoms with van der Waals surface area (Å²) in [4.78, 5) is 32.5. The first-order chi connectivity index (χ1) is 14.4. The summed E-state index contributed by atoms with van der Waals surface area (Å²) in [6.45, 7) is 3.84. The van der Waals surface area contributed by atoms with Gasteiger partial charge in [-0.2, -0.15) is 0 Å². The van der Waals surface area contributed by atoms with Gasteiger partial charge in [-0.1, -0.05) is 36.4 Å². The maximum Gasteiger partial charge on any atom is 0.307 e. The van der Waals surface area contributed by atoms with Crippen LogP contribution in [0.4, 0.5) is 5.69 Å². The molecule has 0 spiro atoms. The number of ether oxygens (including phenoxy) is 1. The van der Waals surface area contributed by atoms with E-state index >= 15 is 0 Å². The van der Waals surface area contributed by atoms with E-state index in [-0.39, 0.29) is 18.9 Å². The molecule has 0 bridgehead atoms. The third-order valence-corrected chi connectivity index (χ3v) is 6.13. The molecule has 0 saturated heterocycles. The van der Waals surface area contributed by atoms with Crippen molar-refractivity contribution in [1.82, 2.24) is 4.98 Å². The number of aromatic nitrogens is 1. The summed E-state index contributed by atoms with van der Waals surface area (Å²) < 4.78 is 5.18. The molecular weight excluding hydrogens is 376 g/mol. The molecule has 2 heterocycles. The molecule has 0 aliphatic carbocycles. The monoisotopic (exact) mass is 398 g/mol. The normalized spacial score (nSPS) is 18.4. The lowest BCUT2D eigenvalue weighted by Crippen LogP contribution is -2.48. The number of esters is 1. The molecule has 150 valence electrons. The van der Waals surface area contributed by atoms with Crippen molar-refractivity contribution in [3.05, 3.63) is 60.3 Å². The number of likely N-dealkylation sites (N-methyl/N-ethyl adjacent to an activating group) is 1. The Hall–Kier alpha value is -3.47. The van der Waals surface area contributed by atoms with Crippen LogP contribution in [0.2, 0.25) is 0 Å². The number of rotatable bonds is 3. The Morgan fingerprint density at radius 3 is 2.53 bits per heavy atom. The molecule has 0 saturated carbocycles. The number of hydrogen-bond donors (Lipinski definition) is 0. The number of benzene rings is 3. The molecule has 1 aliphatic rings. The number of nitrogens with zero attached hydrogens (tertiary/aromatic N) is 2. The number of anilines is 1. The number of carbonyl (C=O) groups excluding carboxylic acids is 2. The number of pyridine rings is 1. The van der Waals surface area contributed by atoms with E-state index < -0.39 is 11.4 Å². The van der Waals surface area contributed by atoms with Crippen molar-refractivity contribution in [2.24, 2.45) is 0 Å². The van der Waals surface area contributed by atoms with Crippen molar-refractivity contribution in [3.63, 3.8) is 0 Å². The van der Waals surface area contributed by atoms with Crippen LogP contribution in [0.5, 0.6) is 0 Å². The van der Waals surface area contributed by atoms with Crippen molar-refractivity contribution in [3.8, 4) is 0 Å². The lowest BCUT2D eigenvalue weighted by atomic mass is 9.76. The molecule has 5 nitrogen and oxygen atoms in total. The third-order valence-electron chi connectivity index (χ3n) is 6.13. The van der Waals surface area contributed by atoms with Crippen LogP contribution in [0.3, 0.4) is 0 Å². The number of hydrogen-bond acceptors (Lipinski definition) is 4. The molecule has 1 atom stereocenters. The van der Waals surface area contributed by atoms with Crippen LogP contribution in [0.25, 0.3) is 32.4 Å². The van der Waals surface area contributed by atoms with Crippen molar-refractivity contribution < 1.29 is 14.3 Å². The van der Waals surface area contributed by atoms with Gasteiger partial charge in [0.2, 0.25) is 5.91 Å². The van der Waals surface area contributed by atoms with E-state index in [0.717, 1.165) is 38.1 Å². The van der Waals surface area contributed by atoms with E-state index in [0.29, 0.717) is 5.69 Å². The van der Waals surface area contributed by atoms with E-state index in [1.807, 2.05) is 24.3 Å². The molecular formula is C25H22N2O3. The van der Waals surface area contributed by atoms with Gasteiger partial charge in [0.15, 0.2) is 0 Å². The van der Waals surface area contributed by atoms with Crippen LogP contribution in [-0.4, -0.2) is 30.5 Å². The van der Waals surface area contributed by atoms with Crippen molar-refractivity contribution in [1.29, 1.82) is 0 Å². The van der Waals surface area contributed by atoms with Crippen LogP contribution >= 0.6 is 0 Å². The largest absolute Gasteiger partial charge is 0.466 e. The molecule has 0 N–H and O–H groups in total. The second-order valence-electron chi connectivity index (χ2n) is 8.05. The molecule has 1 amide bonds. The maximum absolute atomic E-state index is 13.4. The Labute approximate surface area is 174 Å². The Morgan fingerprint density at radius 1 is 1.07 bits per heavy atom. The van der Waals surface area contributed by atoms with Gasteiger partial charge in [-0.25, -0.2) is 0 Å². The molecule has 4 aromatic rings. The van der Waals surface area contributed by atoms with E-state index in [2.05, 4.69) is 30.3 Å². The zero-order chi connectivity index (χ0) is 21.0. The Balaban J connectivity index is 1.88. The summed E-state index contributed by atoms with van der Waals surface area (Å²) in [6.07, 6.45) is -0.0421. The van der Waals surface area contributed by atoms with Crippen LogP contribution in [0, 0.1) is 0 Å². The summed E-state index contributed by atoms with van der Waals surface area (Å²) in [5.74, 6) is -0.544. The maximum atomic E-state index is 13.4. The van der Waals surface area contributed by atoms with Gasteiger partial charge in [0.05, 0.1) is 29.9 Å². The fourth-order valence-electron chi connectivity index (χ4n) is 4.65. The van der Waals surface area contributed by atoms with E-state index in [1.165, 1.54) is 0 Å². The summed E-state index contributed by atoms with van der Waals surface area (Å²) in [5, 5.41) is 5.23. The molecule has 1 unspecified atom stereocenters. The zero-order valence-corrected chi connectivity index (χ0v) is 17.2. The topological polar surface area (TPSA) is 59.5 Å². The minimum atomic E-state index is -1.09. The molecule has 5 heteroatoms. The molecule has 30 heavy (non-hydrogen) atoms. The van der Waals surface area contributed by atoms with Crippen LogP contribution in [0.15, 0.2) is 54.6 Å². The highest BCUT2D eigenvalue weighted by molar-refractivity contribution is 6.21. The van der Waals surface area contributed by atoms with E-state index in [9.17, 15) is 9.59 Å². The second kappa shape index (κ2) is 6.52. The minimum Gasteiger partial charge on any atom is -0.466 e. The van der Waals surface area contributed by atoms with Crippen LogP contribution in [0.1, 0.15) is 26.0 Å². The molecule has 1 aliphatic heterocycles. The fourth-order valence-corrected chi connectivity index (χ4v) is 4.65. The third kappa shape index (κ3) is 2.51. The predicted octanol–water partition coefficient (Wildman–Crippen LogP) is 4.73. The van der Waals surface area contributed by atoms with Gasteiger partial charge >= 0.3 is 5.97 Å². The molecule has 0 fully saturated rings. The standard InChI is InChI=1S/C25H22N2O3/c1-4-30-21(28)14-25(2)23-22-17(10-7-11-20(22)27(3)24(25)29)18-12-15-8-5-6-9-16(15)13-19(18)26-23/h5-13H,4,14H2,1-3H3. The van der Waals surface area contributed by atoms with Crippen molar-refractivity contribution >= 4 is 50.0 Å². The summed E-state index contributed by atoms with van der Waals surface area (Å²) in [6, 6.07) is 18.3. The zero-order valence-electron chi connectivity index (χ0n) is 17.2. The van der Waals surface area contributed by atoms with E-state index in [4.69, 9.17) is 9.72 Å². The summed E-state index contributed by atoms with van der Waals surface area (Å²) >= 11 is 0. The van der Waals surface area contributed by atoms with Gasteiger partial charge in [0.1, 0.15) is 5.41 Å². The number of carbonyl (C=O) groups is 2. The van der Waals surface area contributed by atoms with Crippen molar-refractivity contribution in [2.75, 3.05) is 18.6 Å². The molecule has 0 radical (unpaired) electrons. The van der Waals surface area contributed by atoms with Crippen LogP contribution < -0.4 is 4.90 Å². The lowest BCUT2D eigenvalue weighted by molar-refractivity contribution is -0.146. The van der Waals surface area contributed by atoms with Crippen LogP contribution in [-0.2, 0) is 19.7 Å². The van der Waals surface area contributed by atoms with Gasteiger partial charge in [0, 0.05) is 17.8 Å². The predicted molar refractivity (Wildman–Crippen MR) is 119 cm³/mol. The number of amides is 1. The van der Waals surface area contributed by atoms with E-state index in [1.54, 1.807) is 25.8 Å². The fraction of sp³-hybridized carbons (Fsp3) is 0.240. The number of fused-ring (bicyclic) bond motifs is 3. The highest BCUT2D eigenvalue weighted by Gasteiger charge is 2.46. The summed E-state index contributed by atoms with van der Waals surface area (Å²) in [7, 11) is 1.76. The minimum absolute atomic E-state index is 0.0421. The Bertz CT molecular complexity index is 1360. The lowest BCUT2D eigenvalue weighted by Gasteiger charge is -2.38.